The van der Waals surface area contributed by atoms with Crippen LogP contribution in [-0.4, -0.2) is 48.2 Å². The molecular formula is C14H25O9P. The number of rotatable bonds is 8. The summed E-state index contributed by atoms with van der Waals surface area (Å²) >= 11 is 0. The van der Waals surface area contributed by atoms with Gasteiger partial charge in [0.15, 0.2) is 6.61 Å². The zero-order valence-corrected chi connectivity index (χ0v) is 15.7. The van der Waals surface area contributed by atoms with Crippen LogP contribution in [0, 0.1) is 5.41 Å². The number of hydrogen-bond acceptors (Lipinski definition) is 8. The molecule has 0 spiro atoms. The quantitative estimate of drug-likeness (QED) is 0.390. The first-order valence-electron chi connectivity index (χ1n) is 7.14. The second-order valence-corrected chi connectivity index (χ2v) is 9.01. The minimum atomic E-state index is -4.18. The second-order valence-electron chi connectivity index (χ2n) is 6.95. The molecule has 1 unspecified atom stereocenters. The van der Waals surface area contributed by atoms with E-state index in [9.17, 15) is 18.9 Å². The normalized spacial score (nSPS) is 14.6. The SMILES string of the molecule is CC(C)(C)OC(=O)COP(=O)(CC(=O)O)OCOC(=O)C(C)(C)C. The van der Waals surface area contributed by atoms with E-state index in [1.807, 2.05) is 0 Å². The van der Waals surface area contributed by atoms with Crippen molar-refractivity contribution in [3.63, 3.8) is 0 Å². The van der Waals surface area contributed by atoms with E-state index in [-0.39, 0.29) is 0 Å². The number of aliphatic carboxylic acids is 1. The fourth-order valence-electron chi connectivity index (χ4n) is 1.19. The summed E-state index contributed by atoms with van der Waals surface area (Å²) in [6.45, 7) is 8.18. The Morgan fingerprint density at radius 2 is 1.54 bits per heavy atom. The van der Waals surface area contributed by atoms with Crippen molar-refractivity contribution in [2.45, 2.75) is 47.1 Å². The number of carboxylic acids is 1. The fraction of sp³-hybridized carbons (Fsp3) is 0.786. The van der Waals surface area contributed by atoms with Crippen LogP contribution in [-0.2, 0) is 37.5 Å². The van der Waals surface area contributed by atoms with Crippen LogP contribution in [0.15, 0.2) is 0 Å². The summed E-state index contributed by atoms with van der Waals surface area (Å²) in [5.41, 5.74) is -1.59. The Balaban J connectivity index is 4.68. The lowest BCUT2D eigenvalue weighted by Gasteiger charge is -2.22. The zero-order valence-electron chi connectivity index (χ0n) is 14.8. The Hall–Kier alpha value is -1.44. The van der Waals surface area contributed by atoms with Crippen molar-refractivity contribution < 1.29 is 42.6 Å². The summed E-state index contributed by atoms with van der Waals surface area (Å²) in [6, 6.07) is 0. The van der Waals surface area contributed by atoms with Gasteiger partial charge in [-0.05, 0) is 41.5 Å². The summed E-state index contributed by atoms with van der Waals surface area (Å²) in [4.78, 5) is 33.9. The van der Waals surface area contributed by atoms with Crippen LogP contribution >= 0.6 is 7.60 Å². The van der Waals surface area contributed by atoms with Crippen LogP contribution in [0.25, 0.3) is 0 Å². The summed E-state index contributed by atoms with van der Waals surface area (Å²) < 4.78 is 31.6. The first-order chi connectivity index (χ1) is 10.6. The van der Waals surface area contributed by atoms with Gasteiger partial charge in [0, 0.05) is 0 Å². The van der Waals surface area contributed by atoms with Crippen molar-refractivity contribution in [2.24, 2.45) is 5.41 Å². The van der Waals surface area contributed by atoms with E-state index in [2.05, 4.69) is 0 Å². The van der Waals surface area contributed by atoms with Crippen molar-refractivity contribution in [3.8, 4) is 0 Å². The van der Waals surface area contributed by atoms with Gasteiger partial charge in [0.1, 0.15) is 11.8 Å². The zero-order chi connectivity index (χ0) is 19.2. The van der Waals surface area contributed by atoms with E-state index in [1.54, 1.807) is 41.5 Å². The second kappa shape index (κ2) is 8.60. The first kappa shape index (κ1) is 22.6. The minimum Gasteiger partial charge on any atom is -0.481 e. The lowest BCUT2D eigenvalue weighted by atomic mass is 9.98. The van der Waals surface area contributed by atoms with Crippen LogP contribution in [0.1, 0.15) is 41.5 Å². The lowest BCUT2D eigenvalue weighted by molar-refractivity contribution is -0.162. The Morgan fingerprint density at radius 1 is 1.00 bits per heavy atom. The molecule has 10 heteroatoms. The van der Waals surface area contributed by atoms with Crippen molar-refractivity contribution in [1.29, 1.82) is 0 Å². The van der Waals surface area contributed by atoms with Crippen LogP contribution < -0.4 is 0 Å². The van der Waals surface area contributed by atoms with Crippen LogP contribution in [0.3, 0.4) is 0 Å². The number of hydrogen-bond donors (Lipinski definition) is 1. The molecule has 140 valence electrons. The number of carboxylic acid groups (broad SMARTS) is 1. The van der Waals surface area contributed by atoms with Crippen molar-refractivity contribution >= 4 is 25.5 Å². The molecule has 0 rings (SSSR count). The molecule has 0 aromatic rings. The molecule has 0 heterocycles. The topological polar surface area (TPSA) is 125 Å². The Bertz CT molecular complexity index is 513. The number of esters is 2. The van der Waals surface area contributed by atoms with Gasteiger partial charge in [-0.2, -0.15) is 0 Å². The molecule has 0 bridgehead atoms. The molecule has 0 aromatic heterocycles. The van der Waals surface area contributed by atoms with Crippen molar-refractivity contribution in [3.05, 3.63) is 0 Å². The van der Waals surface area contributed by atoms with Gasteiger partial charge in [-0.1, -0.05) is 0 Å². The van der Waals surface area contributed by atoms with E-state index in [0.29, 0.717) is 0 Å². The Kier molecular flexibility index (Phi) is 8.08. The number of carbonyl (C=O) groups excluding carboxylic acids is 2. The van der Waals surface area contributed by atoms with Gasteiger partial charge >= 0.3 is 25.5 Å². The highest BCUT2D eigenvalue weighted by molar-refractivity contribution is 7.54. The van der Waals surface area contributed by atoms with Gasteiger partial charge in [-0.3, -0.25) is 23.2 Å². The molecule has 0 saturated heterocycles. The maximum Gasteiger partial charge on any atom is 0.345 e. The molecule has 0 aliphatic carbocycles. The average molecular weight is 368 g/mol. The van der Waals surface area contributed by atoms with Crippen LogP contribution in [0.5, 0.6) is 0 Å². The minimum absolute atomic E-state index is 0.628. The van der Waals surface area contributed by atoms with E-state index < -0.39 is 56.1 Å². The summed E-state index contributed by atoms with van der Waals surface area (Å²) in [7, 11) is -4.18. The molecule has 9 nitrogen and oxygen atoms in total. The first-order valence-corrected chi connectivity index (χ1v) is 8.86. The van der Waals surface area contributed by atoms with Gasteiger partial charge < -0.3 is 14.6 Å². The fourth-order valence-corrected chi connectivity index (χ4v) is 2.30. The maximum atomic E-state index is 12.3. The van der Waals surface area contributed by atoms with E-state index in [1.165, 1.54) is 0 Å². The molecule has 24 heavy (non-hydrogen) atoms. The molecule has 0 aromatic carbocycles. The van der Waals surface area contributed by atoms with Gasteiger partial charge in [0.2, 0.25) is 6.79 Å². The number of carbonyl (C=O) groups is 3. The smallest absolute Gasteiger partial charge is 0.345 e. The molecule has 1 atom stereocenters. The highest BCUT2D eigenvalue weighted by Crippen LogP contribution is 2.47. The largest absolute Gasteiger partial charge is 0.481 e. The molecule has 0 aliphatic rings. The van der Waals surface area contributed by atoms with Gasteiger partial charge in [0.25, 0.3) is 0 Å². The third-order valence-corrected chi connectivity index (χ3v) is 3.86. The molecular weight excluding hydrogens is 343 g/mol. The highest BCUT2D eigenvalue weighted by atomic mass is 31.2. The molecule has 0 radical (unpaired) electrons. The lowest BCUT2D eigenvalue weighted by Crippen LogP contribution is -2.27. The maximum absolute atomic E-state index is 12.3. The van der Waals surface area contributed by atoms with Gasteiger partial charge in [-0.25, -0.2) is 4.79 Å². The standard InChI is InChI=1S/C14H25O9P/c1-13(2,3)12(18)20-9-22-24(19,8-10(15)16)21-7-11(17)23-14(4,5)6/h7-9H2,1-6H3,(H,15,16). The Labute approximate surface area is 141 Å². The summed E-state index contributed by atoms with van der Waals surface area (Å²) in [5, 5.41) is 8.78. The molecule has 1 N–H and O–H groups in total. The average Bonchev–Trinajstić information content (AvgIpc) is 2.32. The molecule has 0 fully saturated rings. The van der Waals surface area contributed by atoms with E-state index in [4.69, 9.17) is 23.6 Å². The predicted octanol–water partition coefficient (Wildman–Crippen LogP) is 2.19. The molecule has 0 saturated carbocycles. The van der Waals surface area contributed by atoms with E-state index in [0.717, 1.165) is 0 Å². The monoisotopic (exact) mass is 368 g/mol. The van der Waals surface area contributed by atoms with Crippen molar-refractivity contribution in [1.82, 2.24) is 0 Å². The number of ether oxygens (including phenoxy) is 2. The predicted molar refractivity (Wildman–Crippen MR) is 83.4 cm³/mol. The third kappa shape index (κ3) is 10.4. The summed E-state index contributed by atoms with van der Waals surface area (Å²) in [5.74, 6) is -2.91. The Morgan fingerprint density at radius 3 is 1.96 bits per heavy atom. The third-order valence-electron chi connectivity index (χ3n) is 2.18. The van der Waals surface area contributed by atoms with Crippen LogP contribution in [0.2, 0.25) is 0 Å². The highest BCUT2D eigenvalue weighted by Gasteiger charge is 2.32. The van der Waals surface area contributed by atoms with Crippen LogP contribution in [0.4, 0.5) is 0 Å². The van der Waals surface area contributed by atoms with Crippen molar-refractivity contribution in [2.75, 3.05) is 19.6 Å². The van der Waals surface area contributed by atoms with E-state index >= 15 is 0 Å². The van der Waals surface area contributed by atoms with Gasteiger partial charge in [-0.15, -0.1) is 0 Å². The summed E-state index contributed by atoms with van der Waals surface area (Å²) in [6.07, 6.45) is -0.983. The molecule has 0 aliphatic heterocycles. The van der Waals surface area contributed by atoms with Gasteiger partial charge in [0.05, 0.1) is 5.41 Å². The molecule has 0 amide bonds.